The minimum atomic E-state index is -0.225. The van der Waals surface area contributed by atoms with E-state index < -0.39 is 0 Å². The first kappa shape index (κ1) is 28.3. The van der Waals surface area contributed by atoms with Crippen LogP contribution in [0.1, 0.15) is 75.7 Å². The molecule has 1 aromatic heterocycles. The summed E-state index contributed by atoms with van der Waals surface area (Å²) >= 11 is 0. The van der Waals surface area contributed by atoms with E-state index in [4.69, 9.17) is 19.2 Å². The third-order valence-electron chi connectivity index (χ3n) is 7.70. The van der Waals surface area contributed by atoms with Crippen molar-refractivity contribution in [1.82, 2.24) is 15.2 Å². The van der Waals surface area contributed by atoms with Crippen LogP contribution in [0.2, 0.25) is 0 Å². The van der Waals surface area contributed by atoms with Crippen LogP contribution in [0.5, 0.6) is 11.5 Å². The Bertz CT molecular complexity index is 1080. The molecule has 1 aliphatic carbocycles. The Hall–Kier alpha value is -2.71. The number of ether oxygens (including phenoxy) is 3. The number of fused-ring (bicyclic) bond motifs is 1. The summed E-state index contributed by atoms with van der Waals surface area (Å²) in [4.78, 5) is 33.3. The van der Waals surface area contributed by atoms with Gasteiger partial charge >= 0.3 is 0 Å². The molecule has 1 aromatic carbocycles. The standard InChI is InChI=1S/C30H43N3O5/c1-21(2)33-15-8-12-23(19-33)31-30(35)25-18-28(37-17-9-16-36-3)24-13-7-14-27(29(24)32-25)38-20-26(34)22-10-5-4-6-11-22/h7,13-14,18,21-23H,4-6,8-12,15-17,19-20H2,1-3H3,(H,31,35)/t23-/m1/s1. The predicted octanol–water partition coefficient (Wildman–Crippen LogP) is 4.78. The van der Waals surface area contributed by atoms with Crippen LogP contribution in [0, 0.1) is 5.92 Å². The Morgan fingerprint density at radius 2 is 1.87 bits per heavy atom. The Labute approximate surface area is 226 Å². The lowest BCUT2D eigenvalue weighted by molar-refractivity contribution is -0.125. The predicted molar refractivity (Wildman–Crippen MR) is 148 cm³/mol. The topological polar surface area (TPSA) is 90.0 Å². The molecule has 1 atom stereocenters. The molecular weight excluding hydrogens is 482 g/mol. The first-order valence-corrected chi connectivity index (χ1v) is 14.2. The normalized spacial score (nSPS) is 19.0. The quantitative estimate of drug-likeness (QED) is 0.399. The van der Waals surface area contributed by atoms with E-state index in [1.54, 1.807) is 13.2 Å². The number of hydrogen-bond acceptors (Lipinski definition) is 7. The van der Waals surface area contributed by atoms with E-state index in [9.17, 15) is 9.59 Å². The average Bonchev–Trinajstić information content (AvgIpc) is 2.94. The van der Waals surface area contributed by atoms with E-state index in [1.165, 1.54) is 6.42 Å². The highest BCUT2D eigenvalue weighted by atomic mass is 16.5. The van der Waals surface area contributed by atoms with Crippen molar-refractivity contribution in [3.63, 3.8) is 0 Å². The maximum absolute atomic E-state index is 13.4. The fourth-order valence-electron chi connectivity index (χ4n) is 5.47. The Morgan fingerprint density at radius 1 is 1.05 bits per heavy atom. The number of ketones is 1. The molecule has 8 heteroatoms. The molecule has 38 heavy (non-hydrogen) atoms. The SMILES string of the molecule is COCCCOc1cc(C(=O)N[C@@H]2CCCN(C(C)C)C2)nc2c(OCC(=O)C3CCCCC3)cccc12. The number of methoxy groups -OCH3 is 1. The van der Waals surface area contributed by atoms with Gasteiger partial charge in [-0.25, -0.2) is 4.98 Å². The third-order valence-corrected chi connectivity index (χ3v) is 7.70. The van der Waals surface area contributed by atoms with Crippen molar-refractivity contribution in [3.05, 3.63) is 30.0 Å². The number of hydrogen-bond donors (Lipinski definition) is 1. The zero-order valence-electron chi connectivity index (χ0n) is 23.2. The molecule has 0 bridgehead atoms. The zero-order chi connectivity index (χ0) is 26.9. The summed E-state index contributed by atoms with van der Waals surface area (Å²) in [5.41, 5.74) is 0.821. The molecule has 1 saturated carbocycles. The number of amides is 1. The van der Waals surface area contributed by atoms with E-state index in [-0.39, 0.29) is 36.0 Å². The molecule has 0 unspecified atom stereocenters. The first-order valence-electron chi connectivity index (χ1n) is 14.2. The van der Waals surface area contributed by atoms with Gasteiger partial charge in [0, 0.05) is 56.1 Å². The molecule has 2 aromatic rings. The van der Waals surface area contributed by atoms with Crippen molar-refractivity contribution in [2.24, 2.45) is 5.92 Å². The summed E-state index contributed by atoms with van der Waals surface area (Å²) in [5.74, 6) is 1.06. The number of rotatable bonds is 12. The number of nitrogens with zero attached hydrogens (tertiary/aromatic N) is 2. The maximum atomic E-state index is 13.4. The lowest BCUT2D eigenvalue weighted by Crippen LogP contribution is -2.49. The summed E-state index contributed by atoms with van der Waals surface area (Å²) in [5, 5.41) is 3.94. The maximum Gasteiger partial charge on any atom is 0.270 e. The largest absolute Gasteiger partial charge is 0.493 e. The fraction of sp³-hybridized carbons (Fsp3) is 0.633. The lowest BCUT2D eigenvalue weighted by atomic mass is 9.86. The first-order chi connectivity index (χ1) is 18.5. The van der Waals surface area contributed by atoms with Gasteiger partial charge in [0.25, 0.3) is 5.91 Å². The number of para-hydroxylation sites is 1. The fourth-order valence-corrected chi connectivity index (χ4v) is 5.47. The second kappa shape index (κ2) is 13.9. The van der Waals surface area contributed by atoms with Gasteiger partial charge in [-0.05, 0) is 58.2 Å². The number of benzene rings is 1. The number of aromatic nitrogens is 1. The van der Waals surface area contributed by atoms with Gasteiger partial charge in [0.05, 0.1) is 6.61 Å². The molecule has 8 nitrogen and oxygen atoms in total. The Morgan fingerprint density at radius 3 is 2.63 bits per heavy atom. The Balaban J connectivity index is 1.56. The molecule has 0 spiro atoms. The monoisotopic (exact) mass is 525 g/mol. The van der Waals surface area contributed by atoms with Crippen molar-refractivity contribution in [1.29, 1.82) is 0 Å². The molecule has 1 amide bonds. The van der Waals surface area contributed by atoms with Gasteiger partial charge in [-0.15, -0.1) is 0 Å². The lowest BCUT2D eigenvalue weighted by Gasteiger charge is -2.35. The summed E-state index contributed by atoms with van der Waals surface area (Å²) in [6.45, 7) is 7.30. The van der Waals surface area contributed by atoms with Crippen molar-refractivity contribution < 1.29 is 23.8 Å². The molecule has 1 N–H and O–H groups in total. The summed E-state index contributed by atoms with van der Waals surface area (Å²) in [6, 6.07) is 7.81. The zero-order valence-corrected chi connectivity index (χ0v) is 23.2. The van der Waals surface area contributed by atoms with Crippen molar-refractivity contribution in [2.45, 2.75) is 77.3 Å². The number of nitrogens with one attached hydrogen (secondary N) is 1. The van der Waals surface area contributed by atoms with Crippen molar-refractivity contribution in [3.8, 4) is 11.5 Å². The van der Waals surface area contributed by atoms with E-state index in [0.29, 0.717) is 36.3 Å². The van der Waals surface area contributed by atoms with Gasteiger partial charge in [-0.3, -0.25) is 14.5 Å². The second-order valence-electron chi connectivity index (χ2n) is 10.8. The van der Waals surface area contributed by atoms with Gasteiger partial charge in [0.15, 0.2) is 5.78 Å². The van der Waals surface area contributed by atoms with E-state index in [0.717, 1.165) is 63.4 Å². The third kappa shape index (κ3) is 7.44. The van der Waals surface area contributed by atoms with Crippen molar-refractivity contribution in [2.75, 3.05) is 40.0 Å². The van der Waals surface area contributed by atoms with Gasteiger partial charge in [0.2, 0.25) is 0 Å². The highest BCUT2D eigenvalue weighted by Gasteiger charge is 2.25. The van der Waals surface area contributed by atoms with Crippen LogP contribution in [0.4, 0.5) is 0 Å². The van der Waals surface area contributed by atoms with E-state index in [1.807, 2.05) is 18.2 Å². The second-order valence-corrected chi connectivity index (χ2v) is 10.8. The number of carbonyl (C=O) groups is 2. The molecule has 2 fully saturated rings. The summed E-state index contributed by atoms with van der Waals surface area (Å²) in [6.07, 6.45) is 8.00. The number of pyridine rings is 1. The van der Waals surface area contributed by atoms with Crippen LogP contribution in [0.25, 0.3) is 10.9 Å². The van der Waals surface area contributed by atoms with Crippen LogP contribution in [0.15, 0.2) is 24.3 Å². The van der Waals surface area contributed by atoms with Crippen LogP contribution in [0.3, 0.4) is 0 Å². The minimum absolute atomic E-state index is 0.0129. The van der Waals surface area contributed by atoms with E-state index >= 15 is 0 Å². The van der Waals surface area contributed by atoms with Gasteiger partial charge in [-0.1, -0.05) is 25.3 Å². The number of carbonyl (C=O) groups excluding carboxylic acids is 2. The summed E-state index contributed by atoms with van der Waals surface area (Å²) in [7, 11) is 1.66. The highest BCUT2D eigenvalue weighted by molar-refractivity contribution is 5.98. The number of likely N-dealkylation sites (tertiary alicyclic amines) is 1. The minimum Gasteiger partial charge on any atom is -0.493 e. The molecule has 208 valence electrons. The summed E-state index contributed by atoms with van der Waals surface area (Å²) < 4.78 is 17.3. The number of Topliss-reactive ketones (excluding diaryl/α,β-unsaturated/α-hetero) is 1. The van der Waals surface area contributed by atoms with Crippen LogP contribution in [-0.4, -0.2) is 73.7 Å². The molecule has 2 heterocycles. The van der Waals surface area contributed by atoms with Crippen molar-refractivity contribution >= 4 is 22.6 Å². The molecule has 1 aliphatic heterocycles. The molecule has 0 radical (unpaired) electrons. The van der Waals surface area contributed by atoms with Gasteiger partial charge in [-0.2, -0.15) is 0 Å². The Kier molecular flexibility index (Phi) is 10.4. The van der Waals surface area contributed by atoms with Crippen LogP contribution >= 0.6 is 0 Å². The molecule has 1 saturated heterocycles. The molecular formula is C30H43N3O5. The highest BCUT2D eigenvalue weighted by Crippen LogP contribution is 2.33. The van der Waals surface area contributed by atoms with Crippen LogP contribution < -0.4 is 14.8 Å². The molecule has 2 aliphatic rings. The van der Waals surface area contributed by atoms with E-state index in [2.05, 4.69) is 24.1 Å². The number of piperidine rings is 1. The molecule has 4 rings (SSSR count). The average molecular weight is 526 g/mol. The van der Waals surface area contributed by atoms with Gasteiger partial charge in [0.1, 0.15) is 29.3 Å². The van der Waals surface area contributed by atoms with Gasteiger partial charge < -0.3 is 19.5 Å². The van der Waals surface area contributed by atoms with Crippen LogP contribution in [-0.2, 0) is 9.53 Å². The smallest absolute Gasteiger partial charge is 0.270 e.